The van der Waals surface area contributed by atoms with E-state index in [2.05, 4.69) is 24.5 Å². The van der Waals surface area contributed by atoms with Crippen molar-refractivity contribution in [2.45, 2.75) is 95.8 Å². The summed E-state index contributed by atoms with van der Waals surface area (Å²) in [5, 5.41) is 0. The van der Waals surface area contributed by atoms with Crippen molar-refractivity contribution in [3.63, 3.8) is 0 Å². The Morgan fingerprint density at radius 2 is 1.20 bits per heavy atom. The van der Waals surface area contributed by atoms with E-state index in [4.69, 9.17) is 3.07 Å². The van der Waals surface area contributed by atoms with Gasteiger partial charge in [-0.2, -0.15) is 0 Å². The quantitative estimate of drug-likeness (QED) is 0.329. The summed E-state index contributed by atoms with van der Waals surface area (Å²) in [7, 11) is 0. The van der Waals surface area contributed by atoms with Gasteiger partial charge in [-0.25, -0.2) is 0 Å². The highest BCUT2D eigenvalue weighted by Crippen LogP contribution is 2.25. The van der Waals surface area contributed by atoms with Crippen LogP contribution in [0.1, 0.15) is 83.5 Å². The van der Waals surface area contributed by atoms with Crippen molar-refractivity contribution in [2.24, 2.45) is 0 Å². The molecule has 7 nitrogen and oxygen atoms in total. The minimum Gasteiger partial charge on any atom is -0.394 e. The molecule has 0 radical (unpaired) electrons. The van der Waals surface area contributed by atoms with Crippen molar-refractivity contribution >= 4 is 29.0 Å². The number of halogens is 1. The fourth-order valence-electron chi connectivity index (χ4n) is 7.04. The Morgan fingerprint density at radius 3 is 1.71 bits per heavy atom. The fraction of sp³-hybridized carbons (Fsp3) is 0.963. The SMILES string of the molecule is O=C(CCN(CCCN1CCCN2CCCCCC21)CCCN1CCCN2CCCCCC21)OI. The Kier molecular flexibility index (Phi) is 12.3. The van der Waals surface area contributed by atoms with E-state index in [1.165, 1.54) is 129 Å². The second-order valence-electron chi connectivity index (χ2n) is 11.3. The lowest BCUT2D eigenvalue weighted by Gasteiger charge is -2.44. The third-order valence-corrected chi connectivity index (χ3v) is 9.33. The second kappa shape index (κ2) is 15.4. The molecule has 0 spiro atoms. The Balaban J connectivity index is 1.23. The van der Waals surface area contributed by atoms with Crippen LogP contribution in [-0.4, -0.2) is 115 Å². The predicted molar refractivity (Wildman–Crippen MR) is 150 cm³/mol. The average Bonchev–Trinajstić information content (AvgIpc) is 3.28. The van der Waals surface area contributed by atoms with E-state index >= 15 is 0 Å². The largest absolute Gasteiger partial charge is 0.394 e. The zero-order valence-electron chi connectivity index (χ0n) is 22.1. The summed E-state index contributed by atoms with van der Waals surface area (Å²) < 4.78 is 4.92. The lowest BCUT2D eigenvalue weighted by atomic mass is 10.1. The van der Waals surface area contributed by atoms with Crippen LogP contribution in [0.4, 0.5) is 0 Å². The molecule has 0 bridgehead atoms. The first kappa shape index (κ1) is 28.0. The molecule has 4 aliphatic heterocycles. The highest BCUT2D eigenvalue weighted by molar-refractivity contribution is 14.1. The summed E-state index contributed by atoms with van der Waals surface area (Å²) >= 11 is 1.73. The van der Waals surface area contributed by atoms with Crippen LogP contribution >= 0.6 is 23.0 Å². The summed E-state index contributed by atoms with van der Waals surface area (Å²) in [6.07, 6.45) is 17.9. The number of nitrogens with zero attached hydrogens (tertiary/aromatic N) is 5. The average molecular weight is 604 g/mol. The number of rotatable bonds is 11. The first-order valence-corrected chi connectivity index (χ1v) is 15.6. The molecule has 202 valence electrons. The lowest BCUT2D eigenvalue weighted by Crippen LogP contribution is -2.54. The lowest BCUT2D eigenvalue weighted by molar-refractivity contribution is -0.131. The number of fused-ring (bicyclic) bond motifs is 2. The van der Waals surface area contributed by atoms with Gasteiger partial charge in [0.15, 0.2) is 23.0 Å². The molecule has 2 atom stereocenters. The van der Waals surface area contributed by atoms with Crippen molar-refractivity contribution in [3.8, 4) is 0 Å². The van der Waals surface area contributed by atoms with Gasteiger partial charge in [0, 0.05) is 45.8 Å². The maximum atomic E-state index is 11.9. The van der Waals surface area contributed by atoms with Gasteiger partial charge in [-0.15, -0.1) is 0 Å². The molecule has 0 aliphatic carbocycles. The molecule has 8 heteroatoms. The van der Waals surface area contributed by atoms with Gasteiger partial charge < -0.3 is 7.97 Å². The smallest absolute Gasteiger partial charge is 0.316 e. The Labute approximate surface area is 228 Å². The second-order valence-corrected chi connectivity index (χ2v) is 11.7. The molecular formula is C27H50IN5O2. The Bertz CT molecular complexity index is 584. The van der Waals surface area contributed by atoms with Crippen LogP contribution in [0.5, 0.6) is 0 Å². The van der Waals surface area contributed by atoms with E-state index < -0.39 is 0 Å². The van der Waals surface area contributed by atoms with Crippen LogP contribution < -0.4 is 0 Å². The third-order valence-electron chi connectivity index (χ3n) is 8.84. The van der Waals surface area contributed by atoms with Gasteiger partial charge in [0.25, 0.3) is 0 Å². The summed E-state index contributed by atoms with van der Waals surface area (Å²) in [6.45, 7) is 13.1. The van der Waals surface area contributed by atoms with Gasteiger partial charge >= 0.3 is 5.97 Å². The van der Waals surface area contributed by atoms with Crippen molar-refractivity contribution in [1.29, 1.82) is 0 Å². The third kappa shape index (κ3) is 8.77. The van der Waals surface area contributed by atoms with Crippen LogP contribution in [0.25, 0.3) is 0 Å². The number of carbonyl (C=O) groups is 1. The molecule has 0 N–H and O–H groups in total. The van der Waals surface area contributed by atoms with E-state index in [9.17, 15) is 4.79 Å². The Hall–Kier alpha value is 0. The van der Waals surface area contributed by atoms with Gasteiger partial charge in [-0.3, -0.25) is 24.4 Å². The number of hydrogen-bond donors (Lipinski definition) is 0. The molecule has 0 aromatic rings. The molecule has 2 unspecified atom stereocenters. The summed E-state index contributed by atoms with van der Waals surface area (Å²) in [5.74, 6) is -0.0918. The molecule has 4 rings (SSSR count). The molecule has 4 fully saturated rings. The maximum absolute atomic E-state index is 11.9. The first-order chi connectivity index (χ1) is 17.2. The zero-order valence-corrected chi connectivity index (χ0v) is 24.2. The van der Waals surface area contributed by atoms with Gasteiger partial charge in [0.1, 0.15) is 0 Å². The molecular weight excluding hydrogens is 553 g/mol. The first-order valence-electron chi connectivity index (χ1n) is 14.7. The highest BCUT2D eigenvalue weighted by Gasteiger charge is 2.31. The van der Waals surface area contributed by atoms with E-state index in [1.807, 2.05) is 0 Å². The molecule has 0 aromatic carbocycles. The van der Waals surface area contributed by atoms with Crippen LogP contribution in [0.3, 0.4) is 0 Å². The van der Waals surface area contributed by atoms with Gasteiger partial charge in [-0.05, 0) is 77.5 Å². The minimum absolute atomic E-state index is 0.0918. The van der Waals surface area contributed by atoms with Crippen LogP contribution in [0.2, 0.25) is 0 Å². The van der Waals surface area contributed by atoms with Gasteiger partial charge in [0.05, 0.1) is 18.8 Å². The van der Waals surface area contributed by atoms with E-state index in [1.54, 1.807) is 23.0 Å². The highest BCUT2D eigenvalue weighted by atomic mass is 127. The number of hydrogen-bond acceptors (Lipinski definition) is 7. The van der Waals surface area contributed by atoms with E-state index in [0.717, 1.165) is 19.6 Å². The van der Waals surface area contributed by atoms with Crippen molar-refractivity contribution in [3.05, 3.63) is 0 Å². The normalized spacial score (nSPS) is 27.7. The molecule has 4 heterocycles. The molecule has 4 aliphatic rings. The summed E-state index contributed by atoms with van der Waals surface area (Å²) in [5.41, 5.74) is 0. The summed E-state index contributed by atoms with van der Waals surface area (Å²) in [4.78, 5) is 25.4. The molecule has 0 saturated carbocycles. The minimum atomic E-state index is -0.0918. The van der Waals surface area contributed by atoms with Crippen molar-refractivity contribution in [1.82, 2.24) is 24.5 Å². The van der Waals surface area contributed by atoms with Crippen LogP contribution in [0.15, 0.2) is 0 Å². The zero-order chi connectivity index (χ0) is 24.3. The topological polar surface area (TPSA) is 42.5 Å². The molecule has 0 amide bonds. The van der Waals surface area contributed by atoms with Crippen molar-refractivity contribution in [2.75, 3.05) is 72.0 Å². The monoisotopic (exact) mass is 603 g/mol. The fourth-order valence-corrected chi connectivity index (χ4v) is 7.26. The maximum Gasteiger partial charge on any atom is 0.316 e. The molecule has 0 aromatic heterocycles. The van der Waals surface area contributed by atoms with E-state index in [0.29, 0.717) is 18.8 Å². The van der Waals surface area contributed by atoms with Crippen molar-refractivity contribution < 1.29 is 7.86 Å². The van der Waals surface area contributed by atoms with E-state index in [-0.39, 0.29) is 5.97 Å². The van der Waals surface area contributed by atoms with Gasteiger partial charge in [-0.1, -0.05) is 25.7 Å². The molecule has 35 heavy (non-hydrogen) atoms. The van der Waals surface area contributed by atoms with Crippen LogP contribution in [0, 0.1) is 0 Å². The standard InChI is InChI=1S/C27H50IN5O2/c28-35-27(34)13-24-29(14-7-18-32-22-9-20-30-16-5-1-3-11-25(30)32)15-8-19-33-23-10-21-31-17-6-2-4-12-26(31)33/h25-26H,1-24H2. The van der Waals surface area contributed by atoms with Gasteiger partial charge in [0.2, 0.25) is 0 Å². The molecule has 4 saturated heterocycles. The predicted octanol–water partition coefficient (Wildman–Crippen LogP) is 4.17. The van der Waals surface area contributed by atoms with Crippen LogP contribution in [-0.2, 0) is 7.86 Å². The Morgan fingerprint density at radius 1 is 0.686 bits per heavy atom. The number of carbonyl (C=O) groups excluding carboxylic acids is 1. The summed E-state index contributed by atoms with van der Waals surface area (Å²) in [6, 6.07) is 0.